The van der Waals surface area contributed by atoms with E-state index in [9.17, 15) is 5.11 Å². The number of ether oxygens (including phenoxy) is 2. The average molecular weight is 294 g/mol. The Bertz CT molecular complexity index is 428. The zero-order valence-electron chi connectivity index (χ0n) is 12.7. The Morgan fingerprint density at radius 3 is 2.95 bits per heavy atom. The van der Waals surface area contributed by atoms with E-state index in [1.54, 1.807) is 7.11 Å². The summed E-state index contributed by atoms with van der Waals surface area (Å²) >= 11 is 0. The Kier molecular flexibility index (Phi) is 6.45. The molecule has 2 atom stereocenters. The summed E-state index contributed by atoms with van der Waals surface area (Å²) in [7, 11) is 1.64. The van der Waals surface area contributed by atoms with E-state index in [-0.39, 0.29) is 0 Å². The molecule has 0 saturated carbocycles. The lowest BCUT2D eigenvalue weighted by molar-refractivity contribution is 0.0162. The fourth-order valence-electron chi connectivity index (χ4n) is 2.87. The molecule has 0 amide bonds. The molecule has 0 aliphatic carbocycles. The minimum Gasteiger partial charge on any atom is -0.389 e. The number of aliphatic hydroxyl groups excluding tert-OH is 1. The molecule has 2 rings (SSSR count). The van der Waals surface area contributed by atoms with Gasteiger partial charge < -0.3 is 25.2 Å². The first-order chi connectivity index (χ1) is 10.3. The maximum Gasteiger partial charge on any atom is 0.0948 e. The molecular formula is C16H26N2O3. The quantitative estimate of drug-likeness (QED) is 0.664. The second kappa shape index (κ2) is 8.34. The van der Waals surface area contributed by atoms with Gasteiger partial charge in [0, 0.05) is 31.8 Å². The summed E-state index contributed by atoms with van der Waals surface area (Å²) in [5.74, 6) is 0.466. The molecule has 0 radical (unpaired) electrons. The maximum absolute atomic E-state index is 10.1. The van der Waals surface area contributed by atoms with Crippen LogP contribution in [-0.2, 0) is 9.47 Å². The molecule has 1 aromatic carbocycles. The van der Waals surface area contributed by atoms with Crippen molar-refractivity contribution in [2.24, 2.45) is 5.73 Å². The topological polar surface area (TPSA) is 68.0 Å². The smallest absolute Gasteiger partial charge is 0.0948 e. The van der Waals surface area contributed by atoms with Crippen molar-refractivity contribution < 1.29 is 14.6 Å². The van der Waals surface area contributed by atoms with Crippen LogP contribution in [0.3, 0.4) is 0 Å². The van der Waals surface area contributed by atoms with Crippen LogP contribution < -0.4 is 10.6 Å². The van der Waals surface area contributed by atoms with E-state index in [0.29, 0.717) is 38.8 Å². The van der Waals surface area contributed by atoms with Crippen molar-refractivity contribution in [2.75, 3.05) is 51.5 Å². The standard InChI is InChI=1S/C16H26N2O3/c1-20-8-9-21-12-14(19)11-18-10-13(6-7-17)15-4-2-3-5-16(15)18/h2-5,13-14,19H,6-12,17H2,1H3. The maximum atomic E-state index is 10.1. The molecule has 5 nitrogen and oxygen atoms in total. The molecule has 0 bridgehead atoms. The summed E-state index contributed by atoms with van der Waals surface area (Å²) in [5.41, 5.74) is 8.26. The monoisotopic (exact) mass is 294 g/mol. The average Bonchev–Trinajstić information content (AvgIpc) is 2.83. The Hall–Kier alpha value is -1.14. The van der Waals surface area contributed by atoms with Gasteiger partial charge >= 0.3 is 0 Å². The van der Waals surface area contributed by atoms with E-state index >= 15 is 0 Å². The van der Waals surface area contributed by atoms with Gasteiger partial charge in [-0.2, -0.15) is 0 Å². The van der Waals surface area contributed by atoms with Crippen LogP contribution in [0.4, 0.5) is 5.69 Å². The highest BCUT2D eigenvalue weighted by Crippen LogP contribution is 2.37. The van der Waals surface area contributed by atoms with E-state index in [1.165, 1.54) is 11.3 Å². The van der Waals surface area contributed by atoms with Crippen LogP contribution in [0, 0.1) is 0 Å². The van der Waals surface area contributed by atoms with Gasteiger partial charge in [-0.1, -0.05) is 18.2 Å². The summed E-state index contributed by atoms with van der Waals surface area (Å²) in [6.07, 6.45) is 0.486. The lowest BCUT2D eigenvalue weighted by atomic mass is 9.98. The van der Waals surface area contributed by atoms with Crippen LogP contribution in [-0.4, -0.2) is 57.8 Å². The first-order valence-corrected chi connectivity index (χ1v) is 7.55. The Labute approximate surface area is 126 Å². The van der Waals surface area contributed by atoms with Gasteiger partial charge in [-0.25, -0.2) is 0 Å². The lowest BCUT2D eigenvalue weighted by Crippen LogP contribution is -2.34. The molecule has 0 fully saturated rings. The van der Waals surface area contributed by atoms with Crippen LogP contribution in [0.25, 0.3) is 0 Å². The number of anilines is 1. The SMILES string of the molecule is COCCOCC(O)CN1CC(CCN)c2ccccc21. The first-order valence-electron chi connectivity index (χ1n) is 7.55. The predicted octanol–water partition coefficient (Wildman–Crippen LogP) is 0.963. The lowest BCUT2D eigenvalue weighted by Gasteiger charge is -2.23. The fourth-order valence-corrected chi connectivity index (χ4v) is 2.87. The number of rotatable bonds is 9. The van der Waals surface area contributed by atoms with Crippen LogP contribution >= 0.6 is 0 Å². The normalized spacial score (nSPS) is 18.8. The van der Waals surface area contributed by atoms with Gasteiger partial charge in [0.25, 0.3) is 0 Å². The number of β-amino-alcohol motifs (C(OH)–C–C–N with tert-alkyl or cyclic N) is 1. The van der Waals surface area contributed by atoms with Crippen molar-refractivity contribution in [3.8, 4) is 0 Å². The predicted molar refractivity (Wildman–Crippen MR) is 83.8 cm³/mol. The van der Waals surface area contributed by atoms with Crippen molar-refractivity contribution in [2.45, 2.75) is 18.4 Å². The van der Waals surface area contributed by atoms with Gasteiger partial charge in [0.1, 0.15) is 0 Å². The number of nitrogens with zero attached hydrogens (tertiary/aromatic N) is 1. The van der Waals surface area contributed by atoms with Crippen LogP contribution in [0.1, 0.15) is 17.9 Å². The van der Waals surface area contributed by atoms with Crippen molar-refractivity contribution in [3.05, 3.63) is 29.8 Å². The van der Waals surface area contributed by atoms with Gasteiger partial charge in [0.15, 0.2) is 0 Å². The van der Waals surface area contributed by atoms with E-state index in [4.69, 9.17) is 15.2 Å². The summed E-state index contributed by atoms with van der Waals surface area (Å²) in [6, 6.07) is 8.38. The van der Waals surface area contributed by atoms with Crippen molar-refractivity contribution >= 4 is 5.69 Å². The number of nitrogens with two attached hydrogens (primary N) is 1. The van der Waals surface area contributed by atoms with Gasteiger partial charge in [-0.15, -0.1) is 0 Å². The van der Waals surface area contributed by atoms with E-state index in [1.807, 2.05) is 6.07 Å². The summed E-state index contributed by atoms with van der Waals surface area (Å²) in [5, 5.41) is 10.1. The van der Waals surface area contributed by atoms with Gasteiger partial charge in [-0.3, -0.25) is 0 Å². The number of para-hydroxylation sites is 1. The summed E-state index contributed by atoms with van der Waals surface area (Å²) < 4.78 is 10.3. The van der Waals surface area contributed by atoms with Crippen LogP contribution in [0.15, 0.2) is 24.3 Å². The molecule has 0 aromatic heterocycles. The van der Waals surface area contributed by atoms with E-state index < -0.39 is 6.10 Å². The fraction of sp³-hybridized carbons (Fsp3) is 0.625. The molecule has 21 heavy (non-hydrogen) atoms. The largest absolute Gasteiger partial charge is 0.389 e. The molecule has 5 heteroatoms. The second-order valence-corrected chi connectivity index (χ2v) is 5.46. The van der Waals surface area contributed by atoms with Gasteiger partial charge in [-0.05, 0) is 24.6 Å². The summed E-state index contributed by atoms with van der Waals surface area (Å²) in [6.45, 7) is 3.60. The molecule has 0 saturated heterocycles. The van der Waals surface area contributed by atoms with Crippen molar-refractivity contribution in [1.82, 2.24) is 0 Å². The number of hydrogen-bond donors (Lipinski definition) is 2. The first kappa shape index (κ1) is 16.2. The van der Waals surface area contributed by atoms with Crippen molar-refractivity contribution in [1.29, 1.82) is 0 Å². The molecule has 3 N–H and O–H groups in total. The molecule has 0 spiro atoms. The molecule has 1 aliphatic rings. The van der Waals surface area contributed by atoms with E-state index in [0.717, 1.165) is 13.0 Å². The molecule has 118 valence electrons. The highest BCUT2D eigenvalue weighted by molar-refractivity contribution is 5.60. The third-order valence-electron chi connectivity index (χ3n) is 3.85. The second-order valence-electron chi connectivity index (χ2n) is 5.46. The highest BCUT2D eigenvalue weighted by atomic mass is 16.5. The van der Waals surface area contributed by atoms with Crippen molar-refractivity contribution in [3.63, 3.8) is 0 Å². The van der Waals surface area contributed by atoms with Gasteiger partial charge in [0.05, 0.1) is 25.9 Å². The molecule has 1 aliphatic heterocycles. The Balaban J connectivity index is 1.89. The third-order valence-corrected chi connectivity index (χ3v) is 3.85. The Morgan fingerprint density at radius 2 is 2.19 bits per heavy atom. The minimum atomic E-state index is -0.494. The highest BCUT2D eigenvalue weighted by Gasteiger charge is 2.28. The Morgan fingerprint density at radius 1 is 1.38 bits per heavy atom. The third kappa shape index (κ3) is 4.41. The zero-order chi connectivity index (χ0) is 15.1. The summed E-state index contributed by atoms with van der Waals surface area (Å²) in [4.78, 5) is 2.24. The van der Waals surface area contributed by atoms with E-state index in [2.05, 4.69) is 23.1 Å². The number of fused-ring (bicyclic) bond motifs is 1. The number of benzene rings is 1. The number of hydrogen-bond acceptors (Lipinski definition) is 5. The molecule has 1 aromatic rings. The molecular weight excluding hydrogens is 268 g/mol. The molecule has 1 heterocycles. The zero-order valence-corrected chi connectivity index (χ0v) is 12.7. The van der Waals surface area contributed by atoms with Crippen LogP contribution in [0.5, 0.6) is 0 Å². The van der Waals surface area contributed by atoms with Crippen LogP contribution in [0.2, 0.25) is 0 Å². The minimum absolute atomic E-state index is 0.337. The number of methoxy groups -OCH3 is 1. The van der Waals surface area contributed by atoms with Gasteiger partial charge in [0.2, 0.25) is 0 Å². The molecule has 2 unspecified atom stereocenters. The number of aliphatic hydroxyl groups is 1.